The van der Waals surface area contributed by atoms with Crippen molar-refractivity contribution in [2.75, 3.05) is 32.7 Å². The van der Waals surface area contributed by atoms with E-state index in [1.165, 1.54) is 5.39 Å². The fourth-order valence-corrected chi connectivity index (χ4v) is 4.93. The van der Waals surface area contributed by atoms with Crippen LogP contribution < -0.4 is 0 Å². The standard InChI is InChI=1S/C28H34N4/c1-23(2)28(22-29,25-10-4-3-5-11-25)15-8-16-31-17-19-32(20-18-31)21-26-14-13-24-9-6-7-12-27(24)30-26/h3-7,9-14,23H,8,15-21H2,1-2H3. The molecule has 1 aliphatic heterocycles. The van der Waals surface area contributed by atoms with Gasteiger partial charge in [0.15, 0.2) is 0 Å². The van der Waals surface area contributed by atoms with Gasteiger partial charge in [-0.25, -0.2) is 0 Å². The van der Waals surface area contributed by atoms with E-state index in [9.17, 15) is 5.26 Å². The Morgan fingerprint density at radius 2 is 1.59 bits per heavy atom. The molecule has 0 spiro atoms. The summed E-state index contributed by atoms with van der Waals surface area (Å²) in [4.78, 5) is 9.89. The SMILES string of the molecule is CC(C)C(C#N)(CCCN1CCN(Cc2ccc3ccccc3n2)CC1)c1ccccc1. The van der Waals surface area contributed by atoms with E-state index in [1.54, 1.807) is 0 Å². The van der Waals surface area contributed by atoms with Crippen LogP contribution in [0.2, 0.25) is 0 Å². The number of fused-ring (bicyclic) bond motifs is 1. The highest BCUT2D eigenvalue weighted by Crippen LogP contribution is 2.36. The number of benzene rings is 2. The lowest BCUT2D eigenvalue weighted by atomic mass is 9.70. The molecule has 2 aromatic carbocycles. The van der Waals surface area contributed by atoms with Crippen LogP contribution in [-0.4, -0.2) is 47.5 Å². The Kier molecular flexibility index (Phi) is 7.19. The Hall–Kier alpha value is -2.74. The van der Waals surface area contributed by atoms with Crippen LogP contribution in [0.15, 0.2) is 66.7 Å². The highest BCUT2D eigenvalue weighted by molar-refractivity contribution is 5.78. The van der Waals surface area contributed by atoms with Crippen molar-refractivity contribution >= 4 is 10.9 Å². The topological polar surface area (TPSA) is 43.2 Å². The van der Waals surface area contributed by atoms with Gasteiger partial charge in [-0.05, 0) is 43.0 Å². The fourth-order valence-electron chi connectivity index (χ4n) is 4.93. The third-order valence-corrected chi connectivity index (χ3v) is 7.03. The second-order valence-electron chi connectivity index (χ2n) is 9.32. The second kappa shape index (κ2) is 10.3. The first-order chi connectivity index (χ1) is 15.6. The van der Waals surface area contributed by atoms with E-state index in [0.29, 0.717) is 5.92 Å². The molecule has 1 saturated heterocycles. The molecule has 3 aromatic rings. The van der Waals surface area contributed by atoms with E-state index >= 15 is 0 Å². The molecular weight excluding hydrogens is 392 g/mol. The van der Waals surface area contributed by atoms with Gasteiger partial charge >= 0.3 is 0 Å². The van der Waals surface area contributed by atoms with E-state index in [-0.39, 0.29) is 0 Å². The minimum Gasteiger partial charge on any atom is -0.301 e. The highest BCUT2D eigenvalue weighted by atomic mass is 15.3. The van der Waals surface area contributed by atoms with Crippen molar-refractivity contribution in [3.63, 3.8) is 0 Å². The smallest absolute Gasteiger partial charge is 0.0845 e. The number of rotatable bonds is 8. The molecule has 1 aliphatic rings. The van der Waals surface area contributed by atoms with Gasteiger partial charge in [0.1, 0.15) is 0 Å². The predicted octanol–water partition coefficient (Wildman–Crippen LogP) is 5.25. The largest absolute Gasteiger partial charge is 0.301 e. The lowest BCUT2D eigenvalue weighted by Gasteiger charge is -2.36. The van der Waals surface area contributed by atoms with Crippen molar-refractivity contribution in [3.8, 4) is 6.07 Å². The molecular formula is C28H34N4. The van der Waals surface area contributed by atoms with Gasteiger partial charge in [-0.1, -0.05) is 68.4 Å². The molecule has 1 aromatic heterocycles. The zero-order valence-electron chi connectivity index (χ0n) is 19.4. The molecule has 1 unspecified atom stereocenters. The van der Waals surface area contributed by atoms with Crippen LogP contribution >= 0.6 is 0 Å². The van der Waals surface area contributed by atoms with Crippen LogP contribution in [0.3, 0.4) is 0 Å². The first-order valence-corrected chi connectivity index (χ1v) is 11.9. The molecule has 166 valence electrons. The summed E-state index contributed by atoms with van der Waals surface area (Å²) < 4.78 is 0. The maximum Gasteiger partial charge on any atom is 0.0845 e. The number of pyridine rings is 1. The summed E-state index contributed by atoms with van der Waals surface area (Å²) in [5.41, 5.74) is 2.99. The molecule has 0 radical (unpaired) electrons. The minimum atomic E-state index is -0.398. The number of aromatic nitrogens is 1. The van der Waals surface area contributed by atoms with Crippen LogP contribution in [0.4, 0.5) is 0 Å². The third-order valence-electron chi connectivity index (χ3n) is 7.03. The third kappa shape index (κ3) is 5.01. The van der Waals surface area contributed by atoms with E-state index < -0.39 is 5.41 Å². The average molecular weight is 427 g/mol. The van der Waals surface area contributed by atoms with E-state index in [0.717, 1.165) is 68.9 Å². The molecule has 4 nitrogen and oxygen atoms in total. The Morgan fingerprint density at radius 1 is 0.906 bits per heavy atom. The summed E-state index contributed by atoms with van der Waals surface area (Å²) in [6, 6.07) is 25.7. The first-order valence-electron chi connectivity index (χ1n) is 11.9. The Morgan fingerprint density at radius 3 is 2.31 bits per heavy atom. The van der Waals surface area contributed by atoms with Gasteiger partial charge in [-0.2, -0.15) is 5.26 Å². The van der Waals surface area contributed by atoms with Crippen LogP contribution in [0, 0.1) is 17.2 Å². The molecule has 0 aliphatic carbocycles. The highest BCUT2D eigenvalue weighted by Gasteiger charge is 2.35. The summed E-state index contributed by atoms with van der Waals surface area (Å²) >= 11 is 0. The number of para-hydroxylation sites is 1. The molecule has 4 rings (SSSR count). The number of nitrogens with zero attached hydrogens (tertiary/aromatic N) is 4. The number of hydrogen-bond donors (Lipinski definition) is 0. The number of nitriles is 1. The van der Waals surface area contributed by atoms with Crippen LogP contribution in [0.1, 0.15) is 37.9 Å². The maximum absolute atomic E-state index is 10.1. The van der Waals surface area contributed by atoms with Gasteiger partial charge in [0.25, 0.3) is 0 Å². The summed E-state index contributed by atoms with van der Waals surface area (Å²) in [6.07, 6.45) is 1.96. The quantitative estimate of drug-likeness (QED) is 0.493. The fraction of sp³-hybridized carbons (Fsp3) is 0.429. The molecule has 32 heavy (non-hydrogen) atoms. The van der Waals surface area contributed by atoms with Crippen LogP contribution in [0.5, 0.6) is 0 Å². The van der Waals surface area contributed by atoms with Crippen LogP contribution in [-0.2, 0) is 12.0 Å². The average Bonchev–Trinajstić information content (AvgIpc) is 2.83. The second-order valence-corrected chi connectivity index (χ2v) is 9.32. The molecule has 2 heterocycles. The molecule has 4 heteroatoms. The van der Waals surface area contributed by atoms with Gasteiger partial charge in [-0.15, -0.1) is 0 Å². The van der Waals surface area contributed by atoms with Gasteiger partial charge in [0.05, 0.1) is 22.7 Å². The Bertz CT molecular complexity index is 1050. The molecule has 0 amide bonds. The van der Waals surface area contributed by atoms with E-state index in [2.05, 4.69) is 78.2 Å². The van der Waals surface area contributed by atoms with Crippen molar-refractivity contribution in [3.05, 3.63) is 78.0 Å². The van der Waals surface area contributed by atoms with Crippen molar-refractivity contribution in [1.82, 2.24) is 14.8 Å². The normalized spacial score (nSPS) is 17.3. The molecule has 0 N–H and O–H groups in total. The predicted molar refractivity (Wildman–Crippen MR) is 131 cm³/mol. The van der Waals surface area contributed by atoms with Crippen LogP contribution in [0.25, 0.3) is 10.9 Å². The number of hydrogen-bond acceptors (Lipinski definition) is 4. The van der Waals surface area contributed by atoms with Crippen molar-refractivity contribution in [2.24, 2.45) is 5.92 Å². The summed E-state index contributed by atoms with van der Waals surface area (Å²) in [7, 11) is 0. The zero-order chi connectivity index (χ0) is 22.4. The van der Waals surface area contributed by atoms with E-state index in [4.69, 9.17) is 4.98 Å². The first kappa shape index (κ1) is 22.5. The lowest BCUT2D eigenvalue weighted by Crippen LogP contribution is -2.46. The summed E-state index contributed by atoms with van der Waals surface area (Å²) in [6.45, 7) is 10.6. The van der Waals surface area contributed by atoms with Gasteiger partial charge < -0.3 is 4.90 Å². The molecule has 0 bridgehead atoms. The maximum atomic E-state index is 10.1. The van der Waals surface area contributed by atoms with Gasteiger partial charge in [0, 0.05) is 38.1 Å². The Labute approximate surface area is 192 Å². The van der Waals surface area contributed by atoms with Crippen molar-refractivity contribution < 1.29 is 0 Å². The summed E-state index contributed by atoms with van der Waals surface area (Å²) in [5.74, 6) is 0.293. The van der Waals surface area contributed by atoms with Gasteiger partial charge in [-0.3, -0.25) is 9.88 Å². The van der Waals surface area contributed by atoms with E-state index in [1.807, 2.05) is 18.2 Å². The number of piperazine rings is 1. The lowest BCUT2D eigenvalue weighted by molar-refractivity contribution is 0.122. The molecule has 1 fully saturated rings. The summed E-state index contributed by atoms with van der Waals surface area (Å²) in [5, 5.41) is 11.3. The Balaban J connectivity index is 1.28. The molecule has 0 saturated carbocycles. The monoisotopic (exact) mass is 426 g/mol. The molecule has 1 atom stereocenters. The minimum absolute atomic E-state index is 0.293. The zero-order valence-corrected chi connectivity index (χ0v) is 19.4. The van der Waals surface area contributed by atoms with Gasteiger partial charge in [0.2, 0.25) is 0 Å². The van der Waals surface area contributed by atoms with Crippen molar-refractivity contribution in [2.45, 2.75) is 38.6 Å². The van der Waals surface area contributed by atoms with Crippen molar-refractivity contribution in [1.29, 1.82) is 5.26 Å².